The number of halogens is 1. The fourth-order valence-corrected chi connectivity index (χ4v) is 2.87. The molecule has 0 atom stereocenters. The molecule has 1 aromatic rings. The summed E-state index contributed by atoms with van der Waals surface area (Å²) < 4.78 is 10.3. The highest BCUT2D eigenvalue weighted by Crippen LogP contribution is 2.29. The van der Waals surface area contributed by atoms with E-state index in [0.717, 1.165) is 11.3 Å². The lowest BCUT2D eigenvalue weighted by Crippen LogP contribution is -2.37. The second-order valence-electron chi connectivity index (χ2n) is 5.69. The standard InChI is InChI=1S/C14H21ClN2O5S/c1-14(2,3)22-13(20)17(6-5-7-21-4)12-16-9(8-15)10(23-12)11(18)19/h5-8H2,1-4H3,(H,18,19). The zero-order chi connectivity index (χ0) is 17.6. The molecule has 1 heterocycles. The molecule has 0 aliphatic rings. The number of carboxylic acids is 1. The topological polar surface area (TPSA) is 89.0 Å². The van der Waals surface area contributed by atoms with Crippen LogP contribution >= 0.6 is 22.9 Å². The SMILES string of the molecule is COCCCN(C(=O)OC(C)(C)C)c1nc(CCl)c(C(=O)O)s1. The highest BCUT2D eigenvalue weighted by atomic mass is 35.5. The van der Waals surface area contributed by atoms with Gasteiger partial charge in [0.15, 0.2) is 5.13 Å². The number of carbonyl (C=O) groups is 2. The van der Waals surface area contributed by atoms with Gasteiger partial charge in [-0.05, 0) is 27.2 Å². The summed E-state index contributed by atoms with van der Waals surface area (Å²) in [5.41, 5.74) is -0.432. The zero-order valence-corrected chi connectivity index (χ0v) is 15.2. The molecule has 1 rings (SSSR count). The van der Waals surface area contributed by atoms with Crippen LogP contribution in [0.4, 0.5) is 9.93 Å². The van der Waals surface area contributed by atoms with Crippen LogP contribution < -0.4 is 4.90 Å². The number of methoxy groups -OCH3 is 1. The lowest BCUT2D eigenvalue weighted by atomic mass is 10.2. The average molecular weight is 365 g/mol. The lowest BCUT2D eigenvalue weighted by Gasteiger charge is -2.25. The normalized spacial score (nSPS) is 11.3. The Hall–Kier alpha value is -1.38. The van der Waals surface area contributed by atoms with Gasteiger partial charge in [0.2, 0.25) is 0 Å². The molecule has 9 heteroatoms. The molecule has 0 aliphatic heterocycles. The number of nitrogens with zero attached hydrogens (tertiary/aromatic N) is 2. The average Bonchev–Trinajstić information content (AvgIpc) is 2.85. The van der Waals surface area contributed by atoms with Crippen LogP contribution in [0.3, 0.4) is 0 Å². The monoisotopic (exact) mass is 364 g/mol. The van der Waals surface area contributed by atoms with Crippen molar-refractivity contribution < 1.29 is 24.2 Å². The molecule has 0 fully saturated rings. The first kappa shape index (κ1) is 19.7. The third-order valence-corrected chi connectivity index (χ3v) is 3.94. The molecule has 0 radical (unpaired) electrons. The number of carbonyl (C=O) groups excluding carboxylic acids is 1. The Balaban J connectivity index is 3.08. The number of hydrogen-bond donors (Lipinski definition) is 1. The van der Waals surface area contributed by atoms with E-state index in [-0.39, 0.29) is 21.6 Å². The minimum atomic E-state index is -1.12. The summed E-state index contributed by atoms with van der Waals surface area (Å²) in [6.45, 7) is 6.03. The maximum atomic E-state index is 12.4. The molecular weight excluding hydrogens is 344 g/mol. The number of thiazole rings is 1. The number of aromatic carboxylic acids is 1. The van der Waals surface area contributed by atoms with Gasteiger partial charge in [0.25, 0.3) is 0 Å². The number of rotatable bonds is 7. The lowest BCUT2D eigenvalue weighted by molar-refractivity contribution is 0.0576. The Bertz CT molecular complexity index is 556. The number of hydrogen-bond acceptors (Lipinski definition) is 6. The summed E-state index contributed by atoms with van der Waals surface area (Å²) in [6, 6.07) is 0. The van der Waals surface area contributed by atoms with Gasteiger partial charge in [-0.25, -0.2) is 14.6 Å². The summed E-state index contributed by atoms with van der Waals surface area (Å²) in [7, 11) is 1.56. The Kier molecular flexibility index (Phi) is 7.24. The molecule has 130 valence electrons. The van der Waals surface area contributed by atoms with Gasteiger partial charge >= 0.3 is 12.1 Å². The minimum absolute atomic E-state index is 0.0234. The van der Waals surface area contributed by atoms with Crippen LogP contribution in [0.25, 0.3) is 0 Å². The van der Waals surface area contributed by atoms with E-state index >= 15 is 0 Å². The van der Waals surface area contributed by atoms with Crippen molar-refractivity contribution in [1.29, 1.82) is 0 Å². The van der Waals surface area contributed by atoms with Crippen molar-refractivity contribution in [1.82, 2.24) is 4.98 Å². The number of aromatic nitrogens is 1. The van der Waals surface area contributed by atoms with Crippen LogP contribution in [0.2, 0.25) is 0 Å². The fraction of sp³-hybridized carbons (Fsp3) is 0.643. The van der Waals surface area contributed by atoms with Crippen molar-refractivity contribution in [2.45, 2.75) is 38.7 Å². The summed E-state index contributed by atoms with van der Waals surface area (Å²) in [6.07, 6.45) is -0.0195. The predicted molar refractivity (Wildman–Crippen MR) is 88.7 cm³/mol. The van der Waals surface area contributed by atoms with E-state index in [1.165, 1.54) is 4.90 Å². The number of carboxylic acid groups (broad SMARTS) is 1. The molecule has 1 N–H and O–H groups in total. The van der Waals surface area contributed by atoms with E-state index in [2.05, 4.69) is 4.98 Å². The first-order valence-electron chi connectivity index (χ1n) is 6.98. The van der Waals surface area contributed by atoms with E-state index in [1.54, 1.807) is 27.9 Å². The maximum absolute atomic E-state index is 12.4. The van der Waals surface area contributed by atoms with Crippen LogP contribution in [0.15, 0.2) is 0 Å². The molecule has 7 nitrogen and oxygen atoms in total. The Morgan fingerprint density at radius 3 is 2.48 bits per heavy atom. The van der Waals surface area contributed by atoms with E-state index in [0.29, 0.717) is 19.6 Å². The molecular formula is C14H21ClN2O5S. The summed E-state index contributed by atoms with van der Waals surface area (Å²) in [4.78, 5) is 29.1. The van der Waals surface area contributed by atoms with Gasteiger partial charge in [0.05, 0.1) is 11.6 Å². The second kappa shape index (κ2) is 8.47. The molecule has 1 aromatic heterocycles. The third-order valence-electron chi connectivity index (χ3n) is 2.58. The minimum Gasteiger partial charge on any atom is -0.477 e. The van der Waals surface area contributed by atoms with E-state index < -0.39 is 17.7 Å². The van der Waals surface area contributed by atoms with Crippen molar-refractivity contribution >= 4 is 40.1 Å². The number of amides is 1. The Morgan fingerprint density at radius 1 is 1.39 bits per heavy atom. The number of ether oxygens (including phenoxy) is 2. The molecule has 23 heavy (non-hydrogen) atoms. The van der Waals surface area contributed by atoms with E-state index in [4.69, 9.17) is 21.1 Å². The highest BCUT2D eigenvalue weighted by molar-refractivity contribution is 7.17. The molecule has 0 spiro atoms. The maximum Gasteiger partial charge on any atom is 0.416 e. The molecule has 0 saturated heterocycles. The van der Waals surface area contributed by atoms with Gasteiger partial charge in [0, 0.05) is 20.3 Å². The van der Waals surface area contributed by atoms with E-state index in [9.17, 15) is 14.7 Å². The van der Waals surface area contributed by atoms with Crippen molar-refractivity contribution in [3.05, 3.63) is 10.6 Å². The van der Waals surface area contributed by atoms with Crippen molar-refractivity contribution in [2.75, 3.05) is 25.2 Å². The quantitative estimate of drug-likeness (QED) is 0.589. The molecule has 0 unspecified atom stereocenters. The smallest absolute Gasteiger partial charge is 0.416 e. The molecule has 0 bridgehead atoms. The van der Waals surface area contributed by atoms with Crippen LogP contribution in [-0.2, 0) is 15.4 Å². The molecule has 0 aliphatic carbocycles. The summed E-state index contributed by atoms with van der Waals surface area (Å²) in [5.74, 6) is -1.16. The Morgan fingerprint density at radius 2 is 2.04 bits per heavy atom. The number of alkyl halides is 1. The summed E-state index contributed by atoms with van der Waals surface area (Å²) in [5, 5.41) is 9.44. The number of anilines is 1. The molecule has 0 aromatic carbocycles. The van der Waals surface area contributed by atoms with Gasteiger partial charge in [-0.1, -0.05) is 11.3 Å². The largest absolute Gasteiger partial charge is 0.477 e. The third kappa shape index (κ3) is 5.96. The molecule has 0 saturated carbocycles. The predicted octanol–water partition coefficient (Wildman–Crippen LogP) is 3.36. The van der Waals surface area contributed by atoms with Gasteiger partial charge in [-0.15, -0.1) is 11.6 Å². The van der Waals surface area contributed by atoms with Gasteiger partial charge in [0.1, 0.15) is 10.5 Å². The van der Waals surface area contributed by atoms with Gasteiger partial charge < -0.3 is 14.6 Å². The van der Waals surface area contributed by atoms with Crippen LogP contribution in [-0.4, -0.2) is 48.0 Å². The van der Waals surface area contributed by atoms with Gasteiger partial charge in [-0.2, -0.15) is 0 Å². The first-order valence-corrected chi connectivity index (χ1v) is 8.33. The van der Waals surface area contributed by atoms with Crippen molar-refractivity contribution in [3.8, 4) is 0 Å². The highest BCUT2D eigenvalue weighted by Gasteiger charge is 2.27. The fourth-order valence-electron chi connectivity index (χ4n) is 1.66. The van der Waals surface area contributed by atoms with Gasteiger partial charge in [-0.3, -0.25) is 4.90 Å². The van der Waals surface area contributed by atoms with E-state index in [1.807, 2.05) is 0 Å². The van der Waals surface area contributed by atoms with Crippen LogP contribution in [0, 0.1) is 0 Å². The van der Waals surface area contributed by atoms with Crippen LogP contribution in [0.5, 0.6) is 0 Å². The van der Waals surface area contributed by atoms with Crippen molar-refractivity contribution in [2.24, 2.45) is 0 Å². The zero-order valence-electron chi connectivity index (χ0n) is 13.6. The molecule has 1 amide bonds. The Labute approximate surface area is 144 Å². The van der Waals surface area contributed by atoms with Crippen molar-refractivity contribution in [3.63, 3.8) is 0 Å². The first-order chi connectivity index (χ1) is 10.7. The second-order valence-corrected chi connectivity index (χ2v) is 6.93. The van der Waals surface area contributed by atoms with Crippen LogP contribution in [0.1, 0.15) is 42.6 Å². The summed E-state index contributed by atoms with van der Waals surface area (Å²) >= 11 is 6.63.